The third kappa shape index (κ3) is 2.73. The van der Waals surface area contributed by atoms with Crippen LogP contribution in [0.15, 0.2) is 18.2 Å². The Hall–Kier alpha value is -1.75. The van der Waals surface area contributed by atoms with E-state index in [0.717, 1.165) is 5.69 Å². The number of hydrogen-bond acceptors (Lipinski definition) is 5. The molecule has 2 rings (SSSR count). The highest BCUT2D eigenvalue weighted by Crippen LogP contribution is 2.20. The molecule has 6 heteroatoms. The molecular weight excluding hydrogens is 252 g/mol. The van der Waals surface area contributed by atoms with E-state index < -0.39 is 0 Å². The van der Waals surface area contributed by atoms with E-state index in [0.29, 0.717) is 22.6 Å². The van der Waals surface area contributed by atoms with Gasteiger partial charge in [0.05, 0.1) is 7.11 Å². The number of halogens is 1. The Morgan fingerprint density at radius 1 is 1.17 bits per heavy atom. The van der Waals surface area contributed by atoms with E-state index in [1.807, 2.05) is 13.8 Å². The first kappa shape index (κ1) is 12.7. The van der Waals surface area contributed by atoms with Crippen LogP contribution in [0.3, 0.4) is 0 Å². The summed E-state index contributed by atoms with van der Waals surface area (Å²) in [5.41, 5.74) is 1.45. The Bertz CT molecular complexity index is 542. The Morgan fingerprint density at radius 2 is 1.94 bits per heavy atom. The van der Waals surface area contributed by atoms with E-state index in [-0.39, 0.29) is 5.92 Å². The number of ether oxygens (including phenoxy) is 1. The zero-order valence-electron chi connectivity index (χ0n) is 10.4. The summed E-state index contributed by atoms with van der Waals surface area (Å²) in [6.07, 6.45) is 0. The Morgan fingerprint density at radius 3 is 2.50 bits per heavy atom. The summed E-state index contributed by atoms with van der Waals surface area (Å²) in [5.74, 6) is 1.20. The van der Waals surface area contributed by atoms with Crippen LogP contribution >= 0.6 is 11.6 Å². The maximum atomic E-state index is 5.98. The van der Waals surface area contributed by atoms with Crippen molar-refractivity contribution < 1.29 is 4.74 Å². The van der Waals surface area contributed by atoms with E-state index in [9.17, 15) is 0 Å². The molecule has 0 amide bonds. The van der Waals surface area contributed by atoms with Crippen molar-refractivity contribution in [1.82, 2.24) is 20.2 Å². The molecule has 0 unspecified atom stereocenters. The number of aromatic nitrogens is 4. The summed E-state index contributed by atoms with van der Waals surface area (Å²) >= 11 is 5.98. The second-order valence-electron chi connectivity index (χ2n) is 4.05. The van der Waals surface area contributed by atoms with E-state index in [4.69, 9.17) is 16.3 Å². The molecule has 2 aromatic rings. The molecule has 0 spiro atoms. The fraction of sp³-hybridized carbons (Fsp3) is 0.333. The van der Waals surface area contributed by atoms with Crippen molar-refractivity contribution in [3.63, 3.8) is 0 Å². The summed E-state index contributed by atoms with van der Waals surface area (Å²) in [7, 11) is 1.54. The zero-order valence-corrected chi connectivity index (χ0v) is 11.1. The van der Waals surface area contributed by atoms with Crippen LogP contribution in [0.2, 0.25) is 5.15 Å². The molecule has 0 N–H and O–H groups in total. The lowest BCUT2D eigenvalue weighted by molar-refractivity contribution is 0.392. The van der Waals surface area contributed by atoms with Crippen molar-refractivity contribution in [2.24, 2.45) is 0 Å². The third-order valence-corrected chi connectivity index (χ3v) is 2.58. The SMILES string of the molecule is COc1ccc(-c2nc(Cl)cc(C(C)C)n2)nn1. The summed E-state index contributed by atoms with van der Waals surface area (Å²) in [6, 6.07) is 5.22. The molecule has 0 radical (unpaired) electrons. The lowest BCUT2D eigenvalue weighted by atomic mass is 10.1. The van der Waals surface area contributed by atoms with Gasteiger partial charge in [-0.05, 0) is 18.1 Å². The highest BCUT2D eigenvalue weighted by atomic mass is 35.5. The molecule has 0 fully saturated rings. The van der Waals surface area contributed by atoms with E-state index in [1.165, 1.54) is 7.11 Å². The van der Waals surface area contributed by atoms with Crippen LogP contribution in [-0.4, -0.2) is 27.3 Å². The van der Waals surface area contributed by atoms with Gasteiger partial charge in [0.15, 0.2) is 5.82 Å². The van der Waals surface area contributed by atoms with Gasteiger partial charge in [0.2, 0.25) is 5.88 Å². The van der Waals surface area contributed by atoms with Crippen LogP contribution in [-0.2, 0) is 0 Å². The maximum absolute atomic E-state index is 5.98. The number of nitrogens with zero attached hydrogens (tertiary/aromatic N) is 4. The molecule has 0 saturated heterocycles. The smallest absolute Gasteiger partial charge is 0.233 e. The number of hydrogen-bond donors (Lipinski definition) is 0. The average molecular weight is 265 g/mol. The monoisotopic (exact) mass is 264 g/mol. The van der Waals surface area contributed by atoms with E-state index in [2.05, 4.69) is 20.2 Å². The second kappa shape index (κ2) is 5.27. The minimum absolute atomic E-state index is 0.274. The van der Waals surface area contributed by atoms with E-state index >= 15 is 0 Å². The molecule has 18 heavy (non-hydrogen) atoms. The van der Waals surface area contributed by atoms with Crippen LogP contribution < -0.4 is 4.74 Å². The second-order valence-corrected chi connectivity index (χ2v) is 4.44. The molecule has 94 valence electrons. The molecule has 0 atom stereocenters. The standard InChI is InChI=1S/C12H13ClN4O/c1-7(2)9-6-10(13)15-12(14-9)8-4-5-11(18-3)17-16-8/h4-7H,1-3H3. The van der Waals surface area contributed by atoms with Crippen LogP contribution in [0.5, 0.6) is 5.88 Å². The summed E-state index contributed by atoms with van der Waals surface area (Å²) in [4.78, 5) is 8.57. The number of rotatable bonds is 3. The topological polar surface area (TPSA) is 60.8 Å². The molecule has 0 bridgehead atoms. The van der Waals surface area contributed by atoms with Gasteiger partial charge < -0.3 is 4.74 Å². The lowest BCUT2D eigenvalue weighted by Gasteiger charge is -2.07. The molecule has 2 aromatic heterocycles. The fourth-order valence-electron chi connectivity index (χ4n) is 1.39. The van der Waals surface area contributed by atoms with Crippen LogP contribution in [0.4, 0.5) is 0 Å². The van der Waals surface area contributed by atoms with Gasteiger partial charge in [-0.3, -0.25) is 0 Å². The van der Waals surface area contributed by atoms with Gasteiger partial charge in [0.25, 0.3) is 0 Å². The summed E-state index contributed by atoms with van der Waals surface area (Å²) in [5, 5.41) is 8.29. The van der Waals surface area contributed by atoms with E-state index in [1.54, 1.807) is 18.2 Å². The average Bonchev–Trinajstić information content (AvgIpc) is 2.38. The first-order chi connectivity index (χ1) is 8.60. The fourth-order valence-corrected chi connectivity index (χ4v) is 1.59. The molecule has 0 saturated carbocycles. The maximum Gasteiger partial charge on any atom is 0.233 e. The first-order valence-electron chi connectivity index (χ1n) is 5.52. The quantitative estimate of drug-likeness (QED) is 0.798. The lowest BCUT2D eigenvalue weighted by Crippen LogP contribution is -2.00. The van der Waals surface area contributed by atoms with Gasteiger partial charge in [-0.25, -0.2) is 9.97 Å². The molecule has 0 aliphatic heterocycles. The van der Waals surface area contributed by atoms with Crippen LogP contribution in [0.1, 0.15) is 25.5 Å². The van der Waals surface area contributed by atoms with Gasteiger partial charge in [0.1, 0.15) is 10.8 Å². The van der Waals surface area contributed by atoms with Crippen LogP contribution in [0, 0.1) is 0 Å². The van der Waals surface area contributed by atoms with Crippen molar-refractivity contribution >= 4 is 11.6 Å². The van der Waals surface area contributed by atoms with Gasteiger partial charge in [0, 0.05) is 11.8 Å². The van der Waals surface area contributed by atoms with Gasteiger partial charge >= 0.3 is 0 Å². The normalized spacial score (nSPS) is 10.7. The highest BCUT2D eigenvalue weighted by molar-refractivity contribution is 6.29. The molecule has 2 heterocycles. The zero-order chi connectivity index (χ0) is 13.1. The van der Waals surface area contributed by atoms with Crippen molar-refractivity contribution in [1.29, 1.82) is 0 Å². The molecule has 5 nitrogen and oxygen atoms in total. The molecule has 0 aliphatic carbocycles. The van der Waals surface area contributed by atoms with Crippen LogP contribution in [0.25, 0.3) is 11.5 Å². The molecule has 0 aliphatic rings. The third-order valence-electron chi connectivity index (χ3n) is 2.38. The summed E-state index contributed by atoms with van der Waals surface area (Å²) in [6.45, 7) is 4.09. The van der Waals surface area contributed by atoms with Crippen molar-refractivity contribution in [2.45, 2.75) is 19.8 Å². The minimum Gasteiger partial charge on any atom is -0.480 e. The molecule has 0 aromatic carbocycles. The van der Waals surface area contributed by atoms with Gasteiger partial charge in [-0.2, -0.15) is 0 Å². The van der Waals surface area contributed by atoms with Crippen molar-refractivity contribution in [3.05, 3.63) is 29.0 Å². The van der Waals surface area contributed by atoms with Crippen molar-refractivity contribution in [3.8, 4) is 17.4 Å². The predicted molar refractivity (Wildman–Crippen MR) is 68.7 cm³/mol. The Balaban J connectivity index is 2.42. The summed E-state index contributed by atoms with van der Waals surface area (Å²) < 4.78 is 4.95. The van der Waals surface area contributed by atoms with Gasteiger partial charge in [-0.1, -0.05) is 25.4 Å². The van der Waals surface area contributed by atoms with Crippen molar-refractivity contribution in [2.75, 3.05) is 7.11 Å². The predicted octanol–water partition coefficient (Wildman–Crippen LogP) is 2.72. The van der Waals surface area contributed by atoms with Gasteiger partial charge in [-0.15, -0.1) is 10.2 Å². The highest BCUT2D eigenvalue weighted by Gasteiger charge is 2.10. The minimum atomic E-state index is 0.274. The largest absolute Gasteiger partial charge is 0.480 e. The molecular formula is C12H13ClN4O. The Labute approximate surface area is 110 Å². The Kier molecular flexibility index (Phi) is 3.72. The first-order valence-corrected chi connectivity index (χ1v) is 5.90. The number of methoxy groups -OCH3 is 1.